The first-order valence-corrected chi connectivity index (χ1v) is 21.1. The van der Waals surface area contributed by atoms with Gasteiger partial charge < -0.3 is 39.9 Å². The van der Waals surface area contributed by atoms with Gasteiger partial charge in [-0.15, -0.1) is 0 Å². The lowest BCUT2D eigenvalue weighted by molar-refractivity contribution is -0.136. The zero-order valence-electron chi connectivity index (χ0n) is 34.8. The number of amides is 4. The molecule has 0 spiro atoms. The summed E-state index contributed by atoms with van der Waals surface area (Å²) in [4.78, 5) is 71.9. The lowest BCUT2D eigenvalue weighted by Crippen LogP contribution is -2.51. The largest absolute Gasteiger partial charge is 0.453 e. The van der Waals surface area contributed by atoms with Gasteiger partial charge in [-0.05, 0) is 96.4 Å². The van der Waals surface area contributed by atoms with Crippen molar-refractivity contribution >= 4 is 24.0 Å². The van der Waals surface area contributed by atoms with Crippen LogP contribution >= 0.6 is 0 Å². The van der Waals surface area contributed by atoms with Crippen LogP contribution in [0.5, 0.6) is 0 Å². The summed E-state index contributed by atoms with van der Waals surface area (Å²) in [7, 11) is 2.60. The Hall–Kier alpha value is -5.66. The fourth-order valence-corrected chi connectivity index (χ4v) is 10.0. The molecule has 59 heavy (non-hydrogen) atoms. The fraction of sp³-hybridized carbons (Fsp3) is 0.511. The van der Waals surface area contributed by atoms with E-state index in [0.717, 1.165) is 60.7 Å². The Morgan fingerprint density at radius 2 is 1.10 bits per heavy atom. The van der Waals surface area contributed by atoms with E-state index in [1.54, 1.807) is 0 Å². The van der Waals surface area contributed by atoms with Crippen molar-refractivity contribution in [2.45, 2.75) is 109 Å². The van der Waals surface area contributed by atoms with Crippen LogP contribution in [0.15, 0.2) is 48.8 Å². The van der Waals surface area contributed by atoms with Gasteiger partial charge in [0.15, 0.2) is 0 Å². The van der Waals surface area contributed by atoms with Crippen LogP contribution in [0.25, 0.3) is 33.6 Å². The van der Waals surface area contributed by atoms with E-state index in [4.69, 9.17) is 19.4 Å². The van der Waals surface area contributed by atoms with Crippen molar-refractivity contribution < 1.29 is 28.7 Å². The molecule has 14 heteroatoms. The third-order valence-corrected chi connectivity index (χ3v) is 13.0. The lowest BCUT2D eigenvalue weighted by atomic mass is 9.82. The zero-order valence-corrected chi connectivity index (χ0v) is 34.8. The van der Waals surface area contributed by atoms with Gasteiger partial charge in [0.05, 0.1) is 50.1 Å². The highest BCUT2D eigenvalue weighted by atomic mass is 16.5. The molecule has 4 aromatic rings. The summed E-state index contributed by atoms with van der Waals surface area (Å²) in [6.07, 6.45) is 9.34. The van der Waals surface area contributed by atoms with Crippen molar-refractivity contribution in [1.82, 2.24) is 40.4 Å². The smallest absolute Gasteiger partial charge is 0.407 e. The molecule has 14 nitrogen and oxygen atoms in total. The van der Waals surface area contributed by atoms with Gasteiger partial charge in [-0.1, -0.05) is 64.1 Å². The number of nitrogens with zero attached hydrogens (tertiary/aromatic N) is 4. The zero-order chi connectivity index (χ0) is 41.5. The number of H-pyrrole nitrogens is 2. The van der Waals surface area contributed by atoms with Crippen LogP contribution in [-0.4, -0.2) is 93.1 Å². The summed E-state index contributed by atoms with van der Waals surface area (Å²) in [5.41, 5.74) is 9.32. The average molecular weight is 805 g/mol. The number of hydrogen-bond acceptors (Lipinski definition) is 8. The Bertz CT molecular complexity index is 2210. The maximum Gasteiger partial charge on any atom is 0.407 e. The predicted molar refractivity (Wildman–Crippen MR) is 222 cm³/mol. The molecule has 3 unspecified atom stereocenters. The molecule has 4 N–H and O–H groups in total. The van der Waals surface area contributed by atoms with E-state index in [1.165, 1.54) is 54.9 Å². The molecule has 2 aliphatic carbocycles. The highest BCUT2D eigenvalue weighted by molar-refractivity contribution is 5.87. The molecule has 0 radical (unpaired) electrons. The molecule has 4 aliphatic rings. The van der Waals surface area contributed by atoms with Crippen LogP contribution in [0.3, 0.4) is 0 Å². The number of methoxy groups -OCH3 is 2. The molecule has 1 saturated carbocycles. The molecule has 4 amide bonds. The first-order chi connectivity index (χ1) is 28.5. The van der Waals surface area contributed by atoms with Crippen LogP contribution in [0, 0.1) is 11.8 Å². The number of alkyl carbamates (subject to hydrolysis) is 2. The summed E-state index contributed by atoms with van der Waals surface area (Å²) >= 11 is 0. The summed E-state index contributed by atoms with van der Waals surface area (Å²) < 4.78 is 9.59. The van der Waals surface area contributed by atoms with Crippen LogP contribution in [0.2, 0.25) is 0 Å². The second kappa shape index (κ2) is 16.5. The molecule has 2 bridgehead atoms. The number of aromatic nitrogens is 4. The number of imidazole rings is 2. The minimum absolute atomic E-state index is 0.101. The number of ether oxygens (including phenoxy) is 2. The Morgan fingerprint density at radius 1 is 0.644 bits per heavy atom. The third-order valence-electron chi connectivity index (χ3n) is 13.0. The van der Waals surface area contributed by atoms with Crippen molar-refractivity contribution in [3.8, 4) is 33.6 Å². The second-order valence-corrected chi connectivity index (χ2v) is 17.2. The monoisotopic (exact) mass is 804 g/mol. The number of carbonyl (C=O) groups excluding carboxylic acids is 4. The summed E-state index contributed by atoms with van der Waals surface area (Å²) in [6, 6.07) is 11.4. The Balaban J connectivity index is 1.01. The number of hydrogen-bond donors (Lipinski definition) is 4. The van der Waals surface area contributed by atoms with Crippen LogP contribution in [0.1, 0.15) is 119 Å². The minimum Gasteiger partial charge on any atom is -0.453 e. The third kappa shape index (κ3) is 7.57. The normalized spacial score (nSPS) is 21.8. The Morgan fingerprint density at radius 3 is 1.61 bits per heavy atom. The number of likely N-dealkylation sites (tertiary alicyclic amines) is 2. The van der Waals surface area contributed by atoms with Gasteiger partial charge in [-0.25, -0.2) is 19.6 Å². The minimum atomic E-state index is -0.685. The number of carbonyl (C=O) groups is 4. The number of fused-ring (bicyclic) bond motifs is 5. The Kier molecular flexibility index (Phi) is 11.2. The van der Waals surface area contributed by atoms with E-state index in [9.17, 15) is 19.2 Å². The van der Waals surface area contributed by atoms with Gasteiger partial charge in [-0.2, -0.15) is 0 Å². The summed E-state index contributed by atoms with van der Waals surface area (Å²) in [5, 5.41) is 5.45. The van der Waals surface area contributed by atoms with Crippen LogP contribution in [-0.2, 0) is 19.1 Å². The Labute approximate surface area is 345 Å². The molecule has 312 valence electrons. The second-order valence-electron chi connectivity index (χ2n) is 17.2. The quantitative estimate of drug-likeness (QED) is 0.120. The maximum atomic E-state index is 13.8. The van der Waals surface area contributed by atoms with Gasteiger partial charge in [0.25, 0.3) is 0 Å². The number of nitrogens with one attached hydrogen (secondary N) is 4. The lowest BCUT2D eigenvalue weighted by Gasteiger charge is -2.30. The number of aromatic amines is 2. The van der Waals surface area contributed by atoms with Crippen LogP contribution < -0.4 is 10.6 Å². The summed E-state index contributed by atoms with van der Waals surface area (Å²) in [5.74, 6) is 2.06. The maximum absolute atomic E-state index is 13.8. The van der Waals surface area contributed by atoms with Gasteiger partial charge in [-0.3, -0.25) is 9.59 Å². The van der Waals surface area contributed by atoms with E-state index in [1.807, 2.05) is 49.9 Å². The van der Waals surface area contributed by atoms with Crippen molar-refractivity contribution in [1.29, 1.82) is 0 Å². The van der Waals surface area contributed by atoms with Gasteiger partial charge >= 0.3 is 12.2 Å². The molecule has 6 atom stereocenters. The van der Waals surface area contributed by atoms with E-state index in [0.29, 0.717) is 24.9 Å². The van der Waals surface area contributed by atoms with Crippen molar-refractivity contribution in [3.05, 3.63) is 71.6 Å². The number of rotatable bonds is 11. The molecular weight excluding hydrogens is 749 g/mol. The van der Waals surface area contributed by atoms with E-state index < -0.39 is 24.3 Å². The van der Waals surface area contributed by atoms with E-state index in [-0.39, 0.29) is 35.7 Å². The van der Waals surface area contributed by atoms with Gasteiger partial charge in [0, 0.05) is 18.7 Å². The molecule has 2 aliphatic heterocycles. The molecule has 2 saturated heterocycles. The van der Waals surface area contributed by atoms with E-state index in [2.05, 4.69) is 57.0 Å². The highest BCUT2D eigenvalue weighted by Gasteiger charge is 2.42. The van der Waals surface area contributed by atoms with Crippen LogP contribution in [0.4, 0.5) is 9.59 Å². The fourth-order valence-electron chi connectivity index (χ4n) is 10.0. The first-order valence-electron chi connectivity index (χ1n) is 21.1. The van der Waals surface area contributed by atoms with Crippen molar-refractivity contribution in [2.24, 2.45) is 11.8 Å². The van der Waals surface area contributed by atoms with E-state index >= 15 is 0 Å². The number of benzene rings is 2. The SMILES string of the molecule is COC(=O)N[C@H](C(=O)N1CCCC1c1ncc(-c2ccc(-c3ccc(-c4cnc([C@@H]5CCCN5C(=O)[C@@H](NC(=O)OC)C(C)C)[nH]4)c4c3C3CCC4C3)cc2)[nH]1)C(C)C. The van der Waals surface area contributed by atoms with Gasteiger partial charge in [0.1, 0.15) is 23.7 Å². The first kappa shape index (κ1) is 40.1. The molecular formula is C45H56N8O6. The average Bonchev–Trinajstić information content (AvgIpc) is 4.10. The summed E-state index contributed by atoms with van der Waals surface area (Å²) in [6.45, 7) is 8.87. The topological polar surface area (TPSA) is 175 Å². The molecule has 2 aromatic carbocycles. The highest BCUT2D eigenvalue weighted by Crippen LogP contribution is 2.58. The predicted octanol–water partition coefficient (Wildman–Crippen LogP) is 7.59. The standard InChI is InChI=1S/C45H56N8O6/c1-24(2)38(50-44(56)58-5)42(54)52-19-7-9-34(52)40-46-22-32(48-40)27-13-11-26(12-14-27)30-17-18-31(37-29-16-15-28(21-29)36(30)37)33-23-47-41(49-33)35-10-8-20-53(35)43(55)39(25(3)4)51-45(57)59-6/h11-14,17-18,22-25,28-29,34-35,38-39H,7-10,15-16,19-21H2,1-6H3,(H,46,48)(H,47,49)(H,50,56)(H,51,57)/t28?,29?,34?,35-,38-,39-/m0/s1. The molecule has 8 rings (SSSR count). The van der Waals surface area contributed by atoms with Gasteiger partial charge in [0.2, 0.25) is 11.8 Å². The molecule has 3 fully saturated rings. The molecule has 4 heterocycles. The molecule has 2 aromatic heterocycles. The van der Waals surface area contributed by atoms with Crippen molar-refractivity contribution in [2.75, 3.05) is 27.3 Å². The van der Waals surface area contributed by atoms with Crippen molar-refractivity contribution in [3.63, 3.8) is 0 Å².